The molecule has 2 aromatic carbocycles. The van der Waals surface area contributed by atoms with Crippen LogP contribution in [-0.2, 0) is 6.42 Å². The van der Waals surface area contributed by atoms with E-state index in [4.69, 9.17) is 4.74 Å². The molecule has 0 amide bonds. The van der Waals surface area contributed by atoms with E-state index in [9.17, 15) is 0 Å². The fourth-order valence-corrected chi connectivity index (χ4v) is 2.32. The molecule has 0 fully saturated rings. The van der Waals surface area contributed by atoms with Crippen molar-refractivity contribution in [2.24, 2.45) is 0 Å². The number of benzene rings is 2. The summed E-state index contributed by atoms with van der Waals surface area (Å²) < 4.78 is 5.75. The van der Waals surface area contributed by atoms with Gasteiger partial charge in [-0.3, -0.25) is 0 Å². The zero-order valence-corrected chi connectivity index (χ0v) is 13.3. The highest BCUT2D eigenvalue weighted by Gasteiger charge is 1.98. The van der Waals surface area contributed by atoms with Crippen LogP contribution in [0.15, 0.2) is 42.5 Å². The van der Waals surface area contributed by atoms with E-state index in [1.54, 1.807) is 0 Å². The molecule has 0 aliphatic carbocycles. The molecule has 0 aliphatic heterocycles. The molecule has 0 aromatic heterocycles. The molecule has 112 valence electrons. The summed E-state index contributed by atoms with van der Waals surface area (Å²) in [4.78, 5) is 0. The summed E-state index contributed by atoms with van der Waals surface area (Å²) >= 11 is 0. The molecule has 1 N–H and O–H groups in total. The fraction of sp³-hybridized carbons (Fsp3) is 0.368. The first-order valence-corrected chi connectivity index (χ1v) is 7.72. The molecule has 21 heavy (non-hydrogen) atoms. The first-order valence-electron chi connectivity index (χ1n) is 7.72. The van der Waals surface area contributed by atoms with Gasteiger partial charge in [-0.15, -0.1) is 0 Å². The second kappa shape index (κ2) is 7.72. The number of ether oxygens (including phenoxy) is 1. The maximum atomic E-state index is 5.75. The summed E-state index contributed by atoms with van der Waals surface area (Å²) in [5.74, 6) is 0.957. The third kappa shape index (κ3) is 4.82. The average Bonchev–Trinajstić information content (AvgIpc) is 2.49. The van der Waals surface area contributed by atoms with Crippen LogP contribution in [0.4, 0.5) is 5.69 Å². The number of hydrogen-bond donors (Lipinski definition) is 1. The fourth-order valence-electron chi connectivity index (χ4n) is 2.32. The van der Waals surface area contributed by atoms with Crippen LogP contribution in [0.5, 0.6) is 5.75 Å². The number of anilines is 1. The highest BCUT2D eigenvalue weighted by Crippen LogP contribution is 2.16. The second-order valence-electron chi connectivity index (χ2n) is 5.44. The standard InChI is InChI=1S/C19H25NO/c1-4-17-7-9-18(10-8-17)21-13-5-12-20-19-11-6-15(2)14-16(19)3/h6-11,14,20H,4-5,12-13H2,1-3H3. The van der Waals surface area contributed by atoms with Gasteiger partial charge in [-0.2, -0.15) is 0 Å². The maximum Gasteiger partial charge on any atom is 0.119 e. The van der Waals surface area contributed by atoms with Gasteiger partial charge in [0.1, 0.15) is 5.75 Å². The van der Waals surface area contributed by atoms with Crippen LogP contribution in [-0.4, -0.2) is 13.2 Å². The summed E-state index contributed by atoms with van der Waals surface area (Å²) in [5.41, 5.74) is 5.16. The topological polar surface area (TPSA) is 21.3 Å². The molecule has 0 radical (unpaired) electrons. The molecule has 0 aliphatic rings. The number of hydrogen-bond acceptors (Lipinski definition) is 2. The highest BCUT2D eigenvalue weighted by atomic mass is 16.5. The predicted octanol–water partition coefficient (Wildman–Crippen LogP) is 4.75. The van der Waals surface area contributed by atoms with Crippen LogP contribution in [0, 0.1) is 13.8 Å². The van der Waals surface area contributed by atoms with Gasteiger partial charge in [-0.1, -0.05) is 36.8 Å². The summed E-state index contributed by atoms with van der Waals surface area (Å²) in [7, 11) is 0. The average molecular weight is 283 g/mol. The van der Waals surface area contributed by atoms with Crippen molar-refractivity contribution in [3.63, 3.8) is 0 Å². The molecule has 0 bridgehead atoms. The van der Waals surface area contributed by atoms with E-state index in [1.807, 2.05) is 0 Å². The van der Waals surface area contributed by atoms with E-state index >= 15 is 0 Å². The Morgan fingerprint density at radius 1 is 1.00 bits per heavy atom. The van der Waals surface area contributed by atoms with E-state index in [0.29, 0.717) is 0 Å². The van der Waals surface area contributed by atoms with E-state index in [1.165, 1.54) is 22.4 Å². The third-order valence-electron chi connectivity index (χ3n) is 3.62. The third-order valence-corrected chi connectivity index (χ3v) is 3.62. The second-order valence-corrected chi connectivity index (χ2v) is 5.44. The Morgan fingerprint density at radius 3 is 2.43 bits per heavy atom. The SMILES string of the molecule is CCc1ccc(OCCCNc2ccc(C)cc2C)cc1. The molecule has 2 aromatic rings. The molecule has 2 heteroatoms. The van der Waals surface area contributed by atoms with Gasteiger partial charge in [0.15, 0.2) is 0 Å². The van der Waals surface area contributed by atoms with Gasteiger partial charge in [0, 0.05) is 12.2 Å². The zero-order chi connectivity index (χ0) is 15.1. The van der Waals surface area contributed by atoms with Crippen LogP contribution in [0.25, 0.3) is 0 Å². The smallest absolute Gasteiger partial charge is 0.119 e. The van der Waals surface area contributed by atoms with E-state index in [-0.39, 0.29) is 0 Å². The summed E-state index contributed by atoms with van der Waals surface area (Å²) in [5, 5.41) is 3.46. The van der Waals surface area contributed by atoms with Crippen LogP contribution < -0.4 is 10.1 Å². The van der Waals surface area contributed by atoms with Gasteiger partial charge < -0.3 is 10.1 Å². The lowest BCUT2D eigenvalue weighted by atomic mass is 10.1. The molecular weight excluding hydrogens is 258 g/mol. The monoisotopic (exact) mass is 283 g/mol. The Kier molecular flexibility index (Phi) is 5.68. The Balaban J connectivity index is 1.69. The molecule has 0 unspecified atom stereocenters. The quantitative estimate of drug-likeness (QED) is 0.741. The van der Waals surface area contributed by atoms with Crippen molar-refractivity contribution in [3.8, 4) is 5.75 Å². The van der Waals surface area contributed by atoms with Crippen LogP contribution >= 0.6 is 0 Å². The molecule has 2 rings (SSSR count). The van der Waals surface area contributed by atoms with E-state index in [2.05, 4.69) is 68.6 Å². The molecule has 0 heterocycles. The molecule has 2 nitrogen and oxygen atoms in total. The number of nitrogens with one attached hydrogen (secondary N) is 1. The van der Waals surface area contributed by atoms with Crippen molar-refractivity contribution in [2.45, 2.75) is 33.6 Å². The van der Waals surface area contributed by atoms with Gasteiger partial charge in [0.05, 0.1) is 6.61 Å². The lowest BCUT2D eigenvalue weighted by Crippen LogP contribution is -2.08. The largest absolute Gasteiger partial charge is 0.494 e. The maximum absolute atomic E-state index is 5.75. The van der Waals surface area contributed by atoms with Gasteiger partial charge >= 0.3 is 0 Å². The van der Waals surface area contributed by atoms with Crippen molar-refractivity contribution in [1.82, 2.24) is 0 Å². The summed E-state index contributed by atoms with van der Waals surface area (Å²) in [6.45, 7) is 8.09. The minimum Gasteiger partial charge on any atom is -0.494 e. The van der Waals surface area contributed by atoms with Crippen molar-refractivity contribution in [1.29, 1.82) is 0 Å². The summed E-state index contributed by atoms with van der Waals surface area (Å²) in [6, 6.07) is 14.9. The molecule has 0 saturated heterocycles. The molecule has 0 atom stereocenters. The molecular formula is C19H25NO. The normalized spacial score (nSPS) is 10.4. The van der Waals surface area contributed by atoms with Crippen molar-refractivity contribution >= 4 is 5.69 Å². The lowest BCUT2D eigenvalue weighted by molar-refractivity contribution is 0.315. The Morgan fingerprint density at radius 2 is 1.76 bits per heavy atom. The lowest BCUT2D eigenvalue weighted by Gasteiger charge is -2.11. The zero-order valence-electron chi connectivity index (χ0n) is 13.3. The Hall–Kier alpha value is -1.96. The molecule has 0 spiro atoms. The van der Waals surface area contributed by atoms with Gasteiger partial charge in [0.2, 0.25) is 0 Å². The van der Waals surface area contributed by atoms with Crippen LogP contribution in [0.1, 0.15) is 30.0 Å². The number of aryl methyl sites for hydroxylation is 3. The van der Waals surface area contributed by atoms with E-state index in [0.717, 1.165) is 31.7 Å². The first kappa shape index (κ1) is 15.4. The van der Waals surface area contributed by atoms with E-state index < -0.39 is 0 Å². The first-order chi connectivity index (χ1) is 10.2. The van der Waals surface area contributed by atoms with Gasteiger partial charge in [-0.25, -0.2) is 0 Å². The van der Waals surface area contributed by atoms with Gasteiger partial charge in [0.25, 0.3) is 0 Å². The summed E-state index contributed by atoms with van der Waals surface area (Å²) in [6.07, 6.45) is 2.06. The minimum atomic E-state index is 0.739. The van der Waals surface area contributed by atoms with Crippen LogP contribution in [0.2, 0.25) is 0 Å². The number of rotatable bonds is 7. The molecule has 0 saturated carbocycles. The van der Waals surface area contributed by atoms with Crippen LogP contribution in [0.3, 0.4) is 0 Å². The Labute approximate surface area is 128 Å². The minimum absolute atomic E-state index is 0.739. The van der Waals surface area contributed by atoms with Crippen molar-refractivity contribution < 1.29 is 4.74 Å². The highest BCUT2D eigenvalue weighted by molar-refractivity contribution is 5.51. The van der Waals surface area contributed by atoms with Crippen molar-refractivity contribution in [3.05, 3.63) is 59.2 Å². The van der Waals surface area contributed by atoms with Gasteiger partial charge in [-0.05, 0) is 56.0 Å². The van der Waals surface area contributed by atoms with Crippen molar-refractivity contribution in [2.75, 3.05) is 18.5 Å². The Bertz CT molecular complexity index is 560. The predicted molar refractivity (Wildman–Crippen MR) is 90.3 cm³/mol.